The van der Waals surface area contributed by atoms with Crippen molar-refractivity contribution < 1.29 is 34.4 Å². The Balaban J connectivity index is 4.42. The van der Waals surface area contributed by atoms with Crippen molar-refractivity contribution >= 4 is 53.8 Å². The molecule has 0 rings (SSSR count). The molecule has 0 saturated carbocycles. The van der Waals surface area contributed by atoms with Crippen molar-refractivity contribution in [2.75, 3.05) is 44.5 Å². The first kappa shape index (κ1) is 30.0. The normalized spacial score (nSPS) is 16.4. The van der Waals surface area contributed by atoms with Gasteiger partial charge < -0.3 is 24.8 Å². The van der Waals surface area contributed by atoms with E-state index >= 15 is 0 Å². The molecule has 0 bridgehead atoms. The van der Waals surface area contributed by atoms with Crippen molar-refractivity contribution in [3.63, 3.8) is 0 Å². The molecule has 2 unspecified atom stereocenters. The molecular weight excluding hydrogens is 440 g/mol. The second kappa shape index (κ2) is 13.5. The molecule has 7 nitrogen and oxygen atoms in total. The van der Waals surface area contributed by atoms with E-state index in [-0.39, 0.29) is 6.61 Å². The Kier molecular flexibility index (Phi) is 13.1. The van der Waals surface area contributed by atoms with Gasteiger partial charge in [-0.2, -0.15) is 0 Å². The molecule has 0 heterocycles. The van der Waals surface area contributed by atoms with Crippen molar-refractivity contribution in [3.05, 3.63) is 0 Å². The highest BCUT2D eigenvalue weighted by molar-refractivity contribution is 8.29. The minimum atomic E-state index is -1.73. The van der Waals surface area contributed by atoms with E-state index < -0.39 is 46.3 Å². The molecular formula is C22H42O7S2. The Hall–Kier alpha value is -1.00. The highest BCUT2D eigenvalue weighted by Crippen LogP contribution is 2.29. The summed E-state index contributed by atoms with van der Waals surface area (Å²) in [6.45, 7) is 6.72. The predicted molar refractivity (Wildman–Crippen MR) is 138 cm³/mol. The Labute approximate surface area is 188 Å². The van der Waals surface area contributed by atoms with Crippen LogP contribution in [-0.4, -0.2) is 106 Å². The molecule has 0 aromatic carbocycles. The van der Waals surface area contributed by atoms with Gasteiger partial charge in [-0.05, 0) is 44.6 Å². The molecule has 0 radical (unpaired) electrons. The molecule has 0 saturated heterocycles. The largest absolute Gasteiger partial charge is 0.480 e. The van der Waals surface area contributed by atoms with E-state index in [9.17, 15) is 14.7 Å². The lowest BCUT2D eigenvalue weighted by Crippen LogP contribution is -2.36. The van der Waals surface area contributed by atoms with Gasteiger partial charge in [-0.15, -0.1) is 0 Å². The second-order valence-corrected chi connectivity index (χ2v) is 15.1. The number of hydrogen-bond donors (Lipinski definition) is 3. The number of aliphatic carboxylic acids is 2. The zero-order chi connectivity index (χ0) is 24.3. The van der Waals surface area contributed by atoms with Crippen LogP contribution in [0, 0.1) is 5.41 Å². The smallest absolute Gasteiger partial charge is 0.315 e. The van der Waals surface area contributed by atoms with E-state index in [0.29, 0.717) is 57.2 Å². The average molecular weight is 483 g/mol. The maximum atomic E-state index is 11.1. The fourth-order valence-electron chi connectivity index (χ4n) is 2.70. The van der Waals surface area contributed by atoms with Crippen molar-refractivity contribution in [3.8, 4) is 0 Å². The van der Waals surface area contributed by atoms with E-state index in [1.54, 1.807) is 13.8 Å². The summed E-state index contributed by atoms with van der Waals surface area (Å²) in [6, 6.07) is 0. The van der Waals surface area contributed by atoms with Gasteiger partial charge in [0.25, 0.3) is 0 Å². The fraction of sp³-hybridized carbons (Fsp3) is 0.727. The highest BCUT2D eigenvalue weighted by atomic mass is 32.2. The number of carboxylic acid groups (broad SMARTS) is 2. The van der Waals surface area contributed by atoms with Gasteiger partial charge in [0.15, 0.2) is 0 Å². The van der Waals surface area contributed by atoms with Crippen LogP contribution in [0.4, 0.5) is 0 Å². The van der Waals surface area contributed by atoms with Crippen molar-refractivity contribution in [2.24, 2.45) is 5.41 Å². The molecule has 2 atom stereocenters. The van der Waals surface area contributed by atoms with Gasteiger partial charge in [0.05, 0.1) is 30.3 Å². The van der Waals surface area contributed by atoms with Crippen molar-refractivity contribution in [2.45, 2.75) is 50.5 Å². The zero-order valence-corrected chi connectivity index (χ0v) is 21.0. The van der Waals surface area contributed by atoms with Gasteiger partial charge >= 0.3 is 11.9 Å². The Morgan fingerprint density at radius 3 is 1.48 bits per heavy atom. The summed E-state index contributed by atoms with van der Waals surface area (Å²) in [6.07, 6.45) is 1.99. The summed E-state index contributed by atoms with van der Waals surface area (Å²) in [5.41, 5.74) is -0.513. The Morgan fingerprint density at radius 2 is 1.23 bits per heavy atom. The van der Waals surface area contributed by atoms with Crippen LogP contribution in [-0.2, 0) is 19.1 Å². The van der Waals surface area contributed by atoms with E-state index in [4.69, 9.17) is 19.7 Å². The van der Waals surface area contributed by atoms with Crippen molar-refractivity contribution in [1.29, 1.82) is 0 Å². The standard InChI is InChI=1S/C22H42O7S2/c1-8-22(15-23,16-28-11-9-13-30(4,5)18(2)20(24)25)17-29-12-10-14-31(6,7)19(3)21(26)27/h18-19,23H,4-17H2,1-3H3,(H,24,25)(H,26,27). The van der Waals surface area contributed by atoms with Gasteiger partial charge in [0.2, 0.25) is 0 Å². The van der Waals surface area contributed by atoms with Crippen molar-refractivity contribution in [1.82, 2.24) is 0 Å². The summed E-state index contributed by atoms with van der Waals surface area (Å²) in [5, 5.41) is 27.0. The molecule has 0 fully saturated rings. The molecule has 0 aromatic heterocycles. The van der Waals surface area contributed by atoms with E-state index in [2.05, 4.69) is 23.5 Å². The van der Waals surface area contributed by atoms with Crippen LogP contribution in [0.25, 0.3) is 0 Å². The molecule has 0 aliphatic rings. The summed E-state index contributed by atoms with van der Waals surface area (Å²) < 4.78 is 11.5. The predicted octanol–water partition coefficient (Wildman–Crippen LogP) is 2.47. The van der Waals surface area contributed by atoms with Crippen LogP contribution in [0.5, 0.6) is 0 Å². The maximum absolute atomic E-state index is 11.1. The third-order valence-electron chi connectivity index (χ3n) is 5.78. The topological polar surface area (TPSA) is 113 Å². The number of rotatable bonds is 18. The molecule has 0 aromatic rings. The second-order valence-electron chi connectivity index (χ2n) is 8.42. The van der Waals surface area contributed by atoms with Gasteiger partial charge in [0.1, 0.15) is 0 Å². The molecule has 0 spiro atoms. The van der Waals surface area contributed by atoms with Crippen LogP contribution in [0.1, 0.15) is 40.0 Å². The van der Waals surface area contributed by atoms with Gasteiger partial charge in [-0.3, -0.25) is 9.59 Å². The molecule has 0 aliphatic carbocycles. The third kappa shape index (κ3) is 10.4. The third-order valence-corrected chi connectivity index (χ3v) is 11.4. The average Bonchev–Trinajstić information content (AvgIpc) is 2.70. The van der Waals surface area contributed by atoms with Crippen LogP contribution in [0.2, 0.25) is 0 Å². The number of ether oxygens (including phenoxy) is 2. The quantitative estimate of drug-likeness (QED) is 0.203. The SMILES string of the molecule is C=S(=C)(CCCOCC(CC)(CO)COCCCS(=C)(=C)C(C)C(=O)O)C(C)C(=O)O. The summed E-state index contributed by atoms with van der Waals surface area (Å²) in [7, 11) is -3.46. The minimum Gasteiger partial charge on any atom is -0.480 e. The molecule has 9 heteroatoms. The lowest BCUT2D eigenvalue weighted by atomic mass is 9.88. The molecule has 31 heavy (non-hydrogen) atoms. The van der Waals surface area contributed by atoms with E-state index in [0.717, 1.165) is 0 Å². The first-order valence-corrected chi connectivity index (χ1v) is 14.8. The maximum Gasteiger partial charge on any atom is 0.315 e. The molecule has 184 valence electrons. The summed E-state index contributed by atoms with van der Waals surface area (Å²) in [4.78, 5) is 22.3. The minimum absolute atomic E-state index is 0.0741. The fourth-order valence-corrected chi connectivity index (χ4v) is 5.65. The number of hydrogen-bond acceptors (Lipinski definition) is 5. The molecule has 0 amide bonds. The molecule has 0 aliphatic heterocycles. The first-order chi connectivity index (χ1) is 14.2. The highest BCUT2D eigenvalue weighted by Gasteiger charge is 2.28. The van der Waals surface area contributed by atoms with Crippen LogP contribution in [0.15, 0.2) is 0 Å². The Bertz CT molecular complexity index is 704. The van der Waals surface area contributed by atoms with E-state index in [1.807, 2.05) is 6.92 Å². The first-order valence-electron chi connectivity index (χ1n) is 10.4. The van der Waals surface area contributed by atoms with Gasteiger partial charge in [-0.25, -0.2) is 18.4 Å². The number of aliphatic hydroxyl groups is 1. The monoisotopic (exact) mass is 482 g/mol. The number of aliphatic hydroxyl groups excluding tert-OH is 1. The molecule has 3 N–H and O–H groups in total. The van der Waals surface area contributed by atoms with E-state index in [1.165, 1.54) is 0 Å². The van der Waals surface area contributed by atoms with Gasteiger partial charge in [0, 0.05) is 18.6 Å². The number of carbonyl (C=O) groups is 2. The summed E-state index contributed by atoms with van der Waals surface area (Å²) in [5.74, 6) is 15.5. The Morgan fingerprint density at radius 1 is 0.871 bits per heavy atom. The van der Waals surface area contributed by atoms with Crippen LogP contribution in [0.3, 0.4) is 0 Å². The van der Waals surface area contributed by atoms with Crippen LogP contribution >= 0.6 is 18.4 Å². The lowest BCUT2D eigenvalue weighted by Gasteiger charge is -2.30. The van der Waals surface area contributed by atoms with Crippen LogP contribution < -0.4 is 0 Å². The summed E-state index contributed by atoms with van der Waals surface area (Å²) >= 11 is 0. The number of carboxylic acids is 2. The van der Waals surface area contributed by atoms with Gasteiger partial charge in [-0.1, -0.05) is 30.4 Å². The zero-order valence-electron chi connectivity index (χ0n) is 19.3. The lowest BCUT2D eigenvalue weighted by molar-refractivity contribution is -0.137.